The van der Waals surface area contributed by atoms with Crippen molar-refractivity contribution in [1.29, 1.82) is 0 Å². The second-order valence-electron chi connectivity index (χ2n) is 5.44. The molecule has 0 unspecified atom stereocenters. The summed E-state index contributed by atoms with van der Waals surface area (Å²) in [5.41, 5.74) is 3.71. The summed E-state index contributed by atoms with van der Waals surface area (Å²) in [6.45, 7) is 0.421. The molecule has 4 rings (SSSR count). The lowest BCUT2D eigenvalue weighted by Crippen LogP contribution is -2.07. The highest BCUT2D eigenvalue weighted by Gasteiger charge is 2.23. The molecule has 1 aliphatic carbocycles. The Morgan fingerprint density at radius 2 is 2.14 bits per heavy atom. The van der Waals surface area contributed by atoms with Crippen LogP contribution in [0.4, 0.5) is 0 Å². The first-order valence-electron chi connectivity index (χ1n) is 7.10. The van der Waals surface area contributed by atoms with Crippen molar-refractivity contribution in [1.82, 2.24) is 14.4 Å². The van der Waals surface area contributed by atoms with Crippen molar-refractivity contribution in [2.75, 3.05) is 0 Å². The van der Waals surface area contributed by atoms with E-state index >= 15 is 0 Å². The summed E-state index contributed by atoms with van der Waals surface area (Å²) in [5, 5.41) is 0. The minimum absolute atomic E-state index is 0.421. The van der Waals surface area contributed by atoms with Gasteiger partial charge in [0, 0.05) is 18.6 Å². The fraction of sp³-hybridized carbons (Fsp3) is 0.250. The third-order valence-electron chi connectivity index (χ3n) is 3.71. The molecule has 0 bridgehead atoms. The highest BCUT2D eigenvalue weighted by Crippen LogP contribution is 2.39. The van der Waals surface area contributed by atoms with E-state index in [1.165, 1.54) is 18.4 Å². The molecular formula is C16H14BN3O. The summed E-state index contributed by atoms with van der Waals surface area (Å²) in [6.07, 6.45) is 8.44. The topological polar surface area (TPSA) is 39.4 Å². The van der Waals surface area contributed by atoms with Crippen LogP contribution in [0.2, 0.25) is 0 Å². The highest BCUT2D eigenvalue weighted by molar-refractivity contribution is 6.30. The van der Waals surface area contributed by atoms with Crippen molar-refractivity contribution >= 4 is 19.1 Å². The van der Waals surface area contributed by atoms with E-state index in [4.69, 9.17) is 12.6 Å². The first-order chi connectivity index (χ1) is 10.3. The first-order valence-corrected chi connectivity index (χ1v) is 7.10. The normalized spacial score (nSPS) is 14.5. The Labute approximate surface area is 124 Å². The summed E-state index contributed by atoms with van der Waals surface area (Å²) in [5.74, 6) is 1.45. The van der Waals surface area contributed by atoms with Gasteiger partial charge in [0.15, 0.2) is 0 Å². The number of nitrogens with zero attached hydrogens (tertiary/aromatic N) is 3. The molecule has 21 heavy (non-hydrogen) atoms. The number of pyridine rings is 2. The van der Waals surface area contributed by atoms with E-state index in [1.807, 2.05) is 6.20 Å². The van der Waals surface area contributed by atoms with Gasteiger partial charge in [-0.3, -0.25) is 4.98 Å². The first kappa shape index (κ1) is 12.4. The van der Waals surface area contributed by atoms with E-state index in [-0.39, 0.29) is 0 Å². The van der Waals surface area contributed by atoms with Gasteiger partial charge in [0.05, 0.1) is 5.69 Å². The fourth-order valence-corrected chi connectivity index (χ4v) is 2.46. The molecule has 0 atom stereocenters. The molecule has 1 aliphatic rings. The van der Waals surface area contributed by atoms with E-state index in [9.17, 15) is 0 Å². The number of aromatic nitrogens is 3. The summed E-state index contributed by atoms with van der Waals surface area (Å²) in [4.78, 5) is 8.50. The monoisotopic (exact) mass is 275 g/mol. The Morgan fingerprint density at radius 1 is 1.24 bits per heavy atom. The molecule has 3 heterocycles. The molecule has 1 saturated carbocycles. The SMILES string of the molecule is [B]c1cc(OCc2cn3cc(C4CC4)ccc3n2)ccn1. The number of imidazole rings is 1. The van der Waals surface area contributed by atoms with Crippen LogP contribution in [0.25, 0.3) is 5.65 Å². The highest BCUT2D eigenvalue weighted by atomic mass is 16.5. The maximum Gasteiger partial charge on any atom is 0.141 e. The molecule has 0 amide bonds. The third-order valence-corrected chi connectivity index (χ3v) is 3.71. The van der Waals surface area contributed by atoms with Crippen molar-refractivity contribution in [3.8, 4) is 5.75 Å². The van der Waals surface area contributed by atoms with Gasteiger partial charge in [-0.05, 0) is 48.1 Å². The van der Waals surface area contributed by atoms with Crippen molar-refractivity contribution in [3.63, 3.8) is 0 Å². The minimum Gasteiger partial charge on any atom is -0.487 e. The van der Waals surface area contributed by atoms with Crippen LogP contribution in [0.15, 0.2) is 42.9 Å². The van der Waals surface area contributed by atoms with Gasteiger partial charge >= 0.3 is 0 Å². The molecule has 0 saturated heterocycles. The van der Waals surface area contributed by atoms with Crippen LogP contribution in [0.3, 0.4) is 0 Å². The van der Waals surface area contributed by atoms with Crippen molar-refractivity contribution in [2.45, 2.75) is 25.4 Å². The number of hydrogen-bond acceptors (Lipinski definition) is 3. The van der Waals surface area contributed by atoms with Crippen molar-refractivity contribution in [3.05, 3.63) is 54.1 Å². The van der Waals surface area contributed by atoms with Gasteiger partial charge in [-0.15, -0.1) is 0 Å². The molecule has 3 aromatic rings. The van der Waals surface area contributed by atoms with Crippen LogP contribution in [0.1, 0.15) is 30.0 Å². The minimum atomic E-state index is 0.421. The average molecular weight is 275 g/mol. The lowest BCUT2D eigenvalue weighted by molar-refractivity contribution is 0.302. The van der Waals surface area contributed by atoms with Crippen LogP contribution >= 0.6 is 0 Å². The zero-order valence-electron chi connectivity index (χ0n) is 11.6. The molecule has 0 N–H and O–H groups in total. The van der Waals surface area contributed by atoms with Crippen LogP contribution in [-0.4, -0.2) is 22.2 Å². The van der Waals surface area contributed by atoms with Crippen LogP contribution < -0.4 is 10.3 Å². The van der Waals surface area contributed by atoms with E-state index in [1.54, 1.807) is 18.3 Å². The predicted molar refractivity (Wildman–Crippen MR) is 81.1 cm³/mol. The summed E-state index contributed by atoms with van der Waals surface area (Å²) < 4.78 is 7.77. The Hall–Kier alpha value is -2.30. The van der Waals surface area contributed by atoms with Crippen molar-refractivity contribution < 1.29 is 4.74 Å². The van der Waals surface area contributed by atoms with Gasteiger partial charge in [-0.1, -0.05) is 6.07 Å². The maximum absolute atomic E-state index is 5.70. The number of hydrogen-bond donors (Lipinski definition) is 0. The molecule has 0 spiro atoms. The Morgan fingerprint density at radius 3 is 2.95 bits per heavy atom. The summed E-state index contributed by atoms with van der Waals surface area (Å²) in [6, 6.07) is 7.74. The summed E-state index contributed by atoms with van der Waals surface area (Å²) in [7, 11) is 5.63. The van der Waals surface area contributed by atoms with E-state index in [2.05, 4.69) is 32.7 Å². The maximum atomic E-state index is 5.70. The molecule has 0 aromatic carbocycles. The standard InChI is InChI=1S/C16H14BN3O/c17-15-7-14(5-6-18-15)21-10-13-9-20-8-12(11-1-2-11)3-4-16(20)19-13/h3-9,11H,1-2,10H2. The molecule has 2 radical (unpaired) electrons. The molecule has 1 fully saturated rings. The van der Waals surface area contributed by atoms with E-state index in [0.717, 1.165) is 17.3 Å². The smallest absolute Gasteiger partial charge is 0.141 e. The molecule has 4 nitrogen and oxygen atoms in total. The lowest BCUT2D eigenvalue weighted by Gasteiger charge is -2.04. The average Bonchev–Trinajstić information content (AvgIpc) is 3.25. The van der Waals surface area contributed by atoms with Gasteiger partial charge in [0.25, 0.3) is 0 Å². The van der Waals surface area contributed by atoms with Gasteiger partial charge in [0.1, 0.15) is 25.8 Å². The number of ether oxygens (including phenoxy) is 1. The van der Waals surface area contributed by atoms with Gasteiger partial charge in [-0.2, -0.15) is 0 Å². The Kier molecular flexibility index (Phi) is 2.91. The van der Waals surface area contributed by atoms with Crippen LogP contribution in [-0.2, 0) is 6.61 Å². The number of fused-ring (bicyclic) bond motifs is 1. The molecule has 3 aromatic heterocycles. The summed E-state index contributed by atoms with van der Waals surface area (Å²) >= 11 is 0. The van der Waals surface area contributed by atoms with Crippen molar-refractivity contribution in [2.24, 2.45) is 0 Å². The van der Waals surface area contributed by atoms with Crippen LogP contribution in [0, 0.1) is 0 Å². The van der Waals surface area contributed by atoms with E-state index < -0.39 is 0 Å². The second-order valence-corrected chi connectivity index (χ2v) is 5.44. The third kappa shape index (κ3) is 2.64. The van der Waals surface area contributed by atoms with Crippen LogP contribution in [0.5, 0.6) is 5.75 Å². The lowest BCUT2D eigenvalue weighted by atomic mass is 10.0. The quantitative estimate of drug-likeness (QED) is 0.683. The Balaban J connectivity index is 1.53. The van der Waals surface area contributed by atoms with E-state index in [0.29, 0.717) is 17.9 Å². The largest absolute Gasteiger partial charge is 0.487 e. The van der Waals surface area contributed by atoms with Gasteiger partial charge in [-0.25, -0.2) is 4.98 Å². The fourth-order valence-electron chi connectivity index (χ4n) is 2.46. The molecule has 102 valence electrons. The molecule has 0 aliphatic heterocycles. The van der Waals surface area contributed by atoms with Gasteiger partial charge < -0.3 is 9.14 Å². The number of rotatable bonds is 4. The molecule has 5 heteroatoms. The predicted octanol–water partition coefficient (Wildman–Crippen LogP) is 1.98. The Bertz CT molecular complexity index is 795. The zero-order chi connectivity index (χ0) is 14.2. The second kappa shape index (κ2) is 4.92. The molecular weight excluding hydrogens is 261 g/mol. The van der Waals surface area contributed by atoms with Gasteiger partial charge in [0.2, 0.25) is 0 Å². The zero-order valence-corrected chi connectivity index (χ0v) is 11.6.